The van der Waals surface area contributed by atoms with Gasteiger partial charge < -0.3 is 0 Å². The summed E-state index contributed by atoms with van der Waals surface area (Å²) >= 11 is 6.50. The number of unbranched alkanes of at least 4 members (excludes halogenated alkanes) is 7. The Bertz CT molecular complexity index is 368. The second-order valence-electron chi connectivity index (χ2n) is 6.20. The molecule has 0 fully saturated rings. The van der Waals surface area contributed by atoms with Gasteiger partial charge in [-0.15, -0.1) is 0 Å². The Morgan fingerprint density at radius 2 is 1.50 bits per heavy atom. The highest BCUT2D eigenvalue weighted by molar-refractivity contribution is 6.32. The van der Waals surface area contributed by atoms with E-state index >= 15 is 0 Å². The zero-order valence-corrected chi connectivity index (χ0v) is 14.3. The number of benzene rings is 1. The maximum absolute atomic E-state index is 6.50. The Morgan fingerprint density at radius 1 is 0.900 bits per heavy atom. The molecule has 0 atom stereocenters. The Balaban J connectivity index is 2.24. The van der Waals surface area contributed by atoms with Gasteiger partial charge in [0.05, 0.1) is 0 Å². The Hall–Kier alpha value is -0.490. The lowest BCUT2D eigenvalue weighted by molar-refractivity contribution is 0.575. The number of hydrogen-bond donors (Lipinski definition) is 0. The molecule has 0 aliphatic carbocycles. The molecule has 1 rings (SSSR count). The van der Waals surface area contributed by atoms with Crippen molar-refractivity contribution in [2.45, 2.75) is 84.5 Å². The fourth-order valence-corrected chi connectivity index (χ4v) is 3.13. The minimum atomic E-state index is 0.515. The molecule has 0 saturated heterocycles. The van der Waals surface area contributed by atoms with Gasteiger partial charge in [0.2, 0.25) is 0 Å². The predicted octanol–water partition coefficient (Wildman–Crippen LogP) is 7.15. The highest BCUT2D eigenvalue weighted by Gasteiger charge is 2.08. The Labute approximate surface area is 130 Å². The van der Waals surface area contributed by atoms with E-state index in [1.54, 1.807) is 0 Å². The van der Waals surface area contributed by atoms with Crippen LogP contribution in [-0.2, 0) is 6.42 Å². The summed E-state index contributed by atoms with van der Waals surface area (Å²) in [5.74, 6) is 0.515. The third kappa shape index (κ3) is 6.31. The van der Waals surface area contributed by atoms with Gasteiger partial charge in [0, 0.05) is 5.02 Å². The Kier molecular flexibility index (Phi) is 9.02. The van der Waals surface area contributed by atoms with Gasteiger partial charge in [-0.05, 0) is 29.9 Å². The first-order valence-electron chi connectivity index (χ1n) is 8.44. The van der Waals surface area contributed by atoms with Crippen molar-refractivity contribution >= 4 is 11.6 Å². The third-order valence-corrected chi connectivity index (χ3v) is 4.49. The topological polar surface area (TPSA) is 0 Å². The predicted molar refractivity (Wildman–Crippen MR) is 91.9 cm³/mol. The number of aryl methyl sites for hydroxylation is 1. The summed E-state index contributed by atoms with van der Waals surface area (Å²) in [6.45, 7) is 6.69. The van der Waals surface area contributed by atoms with Crippen molar-refractivity contribution < 1.29 is 0 Å². The molecule has 0 heterocycles. The van der Waals surface area contributed by atoms with E-state index < -0.39 is 0 Å². The lowest BCUT2D eigenvalue weighted by atomic mass is 9.97. The molecule has 1 aromatic carbocycles. The quantitative estimate of drug-likeness (QED) is 0.402. The molecule has 114 valence electrons. The summed E-state index contributed by atoms with van der Waals surface area (Å²) in [4.78, 5) is 0. The maximum Gasteiger partial charge on any atom is 0.0472 e. The molecule has 0 nitrogen and oxygen atoms in total. The molecule has 0 radical (unpaired) electrons. The van der Waals surface area contributed by atoms with Crippen molar-refractivity contribution in [2.24, 2.45) is 0 Å². The number of halogens is 1. The van der Waals surface area contributed by atoms with Crippen LogP contribution in [0.15, 0.2) is 18.2 Å². The molecule has 1 heteroatoms. The van der Waals surface area contributed by atoms with E-state index in [0.717, 1.165) is 11.4 Å². The molecule has 0 saturated carbocycles. The average molecular weight is 295 g/mol. The maximum atomic E-state index is 6.50. The first-order valence-corrected chi connectivity index (χ1v) is 8.81. The van der Waals surface area contributed by atoms with Crippen molar-refractivity contribution in [3.8, 4) is 0 Å². The van der Waals surface area contributed by atoms with E-state index in [4.69, 9.17) is 11.6 Å². The standard InChI is InChI=1S/C19H31Cl/c1-4-5-6-7-8-9-10-11-13-17-14-12-15-18(16(2)3)19(17)20/h12,14-16H,4-11,13H2,1-3H3. The van der Waals surface area contributed by atoms with Crippen molar-refractivity contribution in [2.75, 3.05) is 0 Å². The number of hydrogen-bond acceptors (Lipinski definition) is 0. The summed E-state index contributed by atoms with van der Waals surface area (Å²) < 4.78 is 0. The van der Waals surface area contributed by atoms with E-state index in [2.05, 4.69) is 39.0 Å². The minimum Gasteiger partial charge on any atom is -0.0837 e. The SMILES string of the molecule is CCCCCCCCCCc1cccc(C(C)C)c1Cl. The van der Waals surface area contributed by atoms with Gasteiger partial charge in [-0.2, -0.15) is 0 Å². The summed E-state index contributed by atoms with van der Waals surface area (Å²) in [7, 11) is 0. The van der Waals surface area contributed by atoms with Gasteiger partial charge in [0.15, 0.2) is 0 Å². The van der Waals surface area contributed by atoms with Crippen LogP contribution in [0.5, 0.6) is 0 Å². The molecule has 0 aliphatic heterocycles. The molecule has 0 bridgehead atoms. The molecule has 0 spiro atoms. The lowest BCUT2D eigenvalue weighted by Crippen LogP contribution is -1.94. The van der Waals surface area contributed by atoms with Crippen molar-refractivity contribution in [1.29, 1.82) is 0 Å². The first-order chi connectivity index (χ1) is 9.66. The van der Waals surface area contributed by atoms with Gasteiger partial charge in [-0.1, -0.05) is 95.5 Å². The van der Waals surface area contributed by atoms with Gasteiger partial charge in [-0.25, -0.2) is 0 Å². The van der Waals surface area contributed by atoms with Crippen LogP contribution in [0.2, 0.25) is 5.02 Å². The Morgan fingerprint density at radius 3 is 2.10 bits per heavy atom. The summed E-state index contributed by atoms with van der Waals surface area (Å²) in [5.41, 5.74) is 2.63. The highest BCUT2D eigenvalue weighted by atomic mass is 35.5. The van der Waals surface area contributed by atoms with E-state index in [9.17, 15) is 0 Å². The largest absolute Gasteiger partial charge is 0.0837 e. The molecule has 0 N–H and O–H groups in total. The van der Waals surface area contributed by atoms with Gasteiger partial charge >= 0.3 is 0 Å². The van der Waals surface area contributed by atoms with Crippen LogP contribution >= 0.6 is 11.6 Å². The molecule has 0 aromatic heterocycles. The van der Waals surface area contributed by atoms with Crippen LogP contribution in [0, 0.1) is 0 Å². The first kappa shape index (κ1) is 17.6. The van der Waals surface area contributed by atoms with Crippen LogP contribution in [0.25, 0.3) is 0 Å². The van der Waals surface area contributed by atoms with Crippen molar-refractivity contribution in [1.82, 2.24) is 0 Å². The summed E-state index contributed by atoms with van der Waals surface area (Å²) in [5, 5.41) is 1.01. The second-order valence-corrected chi connectivity index (χ2v) is 6.58. The third-order valence-electron chi connectivity index (χ3n) is 4.03. The van der Waals surface area contributed by atoms with Gasteiger partial charge in [-0.3, -0.25) is 0 Å². The van der Waals surface area contributed by atoms with Crippen LogP contribution in [0.1, 0.15) is 89.2 Å². The molecule has 1 aromatic rings. The fraction of sp³-hybridized carbons (Fsp3) is 0.684. The minimum absolute atomic E-state index is 0.515. The summed E-state index contributed by atoms with van der Waals surface area (Å²) in [6, 6.07) is 6.50. The van der Waals surface area contributed by atoms with Gasteiger partial charge in [0.25, 0.3) is 0 Å². The highest BCUT2D eigenvalue weighted by Crippen LogP contribution is 2.28. The van der Waals surface area contributed by atoms with Crippen LogP contribution in [0.3, 0.4) is 0 Å². The molecule has 0 amide bonds. The smallest absolute Gasteiger partial charge is 0.0472 e. The van der Waals surface area contributed by atoms with E-state index in [1.165, 1.54) is 62.5 Å². The molecular formula is C19H31Cl. The monoisotopic (exact) mass is 294 g/mol. The van der Waals surface area contributed by atoms with Gasteiger partial charge in [0.1, 0.15) is 0 Å². The molecule has 0 unspecified atom stereocenters. The average Bonchev–Trinajstić information content (AvgIpc) is 2.43. The molecular weight excluding hydrogens is 264 g/mol. The van der Waals surface area contributed by atoms with Crippen molar-refractivity contribution in [3.05, 3.63) is 34.3 Å². The number of rotatable bonds is 10. The normalized spacial score (nSPS) is 11.2. The molecule has 20 heavy (non-hydrogen) atoms. The lowest BCUT2D eigenvalue weighted by Gasteiger charge is -2.12. The zero-order chi connectivity index (χ0) is 14.8. The van der Waals surface area contributed by atoms with Crippen LogP contribution in [-0.4, -0.2) is 0 Å². The van der Waals surface area contributed by atoms with E-state index in [-0.39, 0.29) is 0 Å². The van der Waals surface area contributed by atoms with E-state index in [0.29, 0.717) is 5.92 Å². The van der Waals surface area contributed by atoms with E-state index in [1.807, 2.05) is 0 Å². The second kappa shape index (κ2) is 10.3. The fourth-order valence-electron chi connectivity index (χ4n) is 2.69. The summed E-state index contributed by atoms with van der Waals surface area (Å²) in [6.07, 6.45) is 12.1. The van der Waals surface area contributed by atoms with Crippen LogP contribution in [0.4, 0.5) is 0 Å². The van der Waals surface area contributed by atoms with Crippen molar-refractivity contribution in [3.63, 3.8) is 0 Å². The molecule has 0 aliphatic rings. The van der Waals surface area contributed by atoms with Crippen LogP contribution < -0.4 is 0 Å². The zero-order valence-electron chi connectivity index (χ0n) is 13.6.